The van der Waals surface area contributed by atoms with Crippen LogP contribution in [0.1, 0.15) is 53.4 Å². The monoisotopic (exact) mass is 568 g/mol. The number of benzene rings is 2. The van der Waals surface area contributed by atoms with Gasteiger partial charge in [0, 0.05) is 0 Å². The van der Waals surface area contributed by atoms with E-state index >= 15 is 0 Å². The number of aliphatic hydroxyl groups is 1. The Kier molecular flexibility index (Phi) is 9.77. The molecule has 0 saturated carbocycles. The van der Waals surface area contributed by atoms with Crippen molar-refractivity contribution in [3.05, 3.63) is 79.0 Å². The number of oxazole rings is 1. The largest absolute Gasteiger partial charge is 0.445 e. The predicted octanol–water partition coefficient (Wildman–Crippen LogP) is 4.79. The lowest BCUT2D eigenvalue weighted by Gasteiger charge is -2.44. The van der Waals surface area contributed by atoms with Crippen LogP contribution in [0.4, 0.5) is 0 Å². The lowest BCUT2D eigenvalue weighted by Crippen LogP contribution is -2.67. The zero-order chi connectivity index (χ0) is 28.9. The molecule has 0 saturated heterocycles. The lowest BCUT2D eigenvalue weighted by atomic mass is 10.2. The Balaban J connectivity index is 2.02. The summed E-state index contributed by atoms with van der Waals surface area (Å²) in [6.45, 7) is 17.2. The summed E-state index contributed by atoms with van der Waals surface area (Å²) in [4.78, 5) is 18.0. The van der Waals surface area contributed by atoms with Gasteiger partial charge in [0.15, 0.2) is 26.6 Å². The van der Waals surface area contributed by atoms with E-state index in [1.54, 1.807) is 0 Å². The van der Waals surface area contributed by atoms with E-state index in [1.165, 1.54) is 12.6 Å². The number of amides is 1. The molecule has 0 unspecified atom stereocenters. The van der Waals surface area contributed by atoms with Crippen LogP contribution in [0.15, 0.2) is 77.7 Å². The van der Waals surface area contributed by atoms with Gasteiger partial charge in [-0.3, -0.25) is 4.79 Å². The van der Waals surface area contributed by atoms with Crippen molar-refractivity contribution < 1.29 is 23.2 Å². The average Bonchev–Trinajstić information content (AvgIpc) is 3.41. The van der Waals surface area contributed by atoms with Gasteiger partial charge in [-0.1, -0.05) is 102 Å². The second-order valence-electron chi connectivity index (χ2n) is 12.5. The van der Waals surface area contributed by atoms with Crippen molar-refractivity contribution in [3.63, 3.8) is 0 Å². The van der Waals surface area contributed by atoms with Crippen LogP contribution in [0.25, 0.3) is 0 Å². The summed E-state index contributed by atoms with van der Waals surface area (Å²) in [5.74, 6) is -0.0971. The molecule has 1 amide bonds. The van der Waals surface area contributed by atoms with Gasteiger partial charge >= 0.3 is 0 Å². The zero-order valence-corrected chi connectivity index (χ0v) is 26.5. The van der Waals surface area contributed by atoms with E-state index in [1.807, 2.05) is 36.4 Å². The minimum Gasteiger partial charge on any atom is -0.445 e. The number of carbonyl (C=O) groups excluding carboxylic acids is 1. The molecule has 0 aliphatic heterocycles. The summed E-state index contributed by atoms with van der Waals surface area (Å²) in [6.07, 6.45) is 1.73. The highest BCUT2D eigenvalue weighted by molar-refractivity contribution is 6.99. The van der Waals surface area contributed by atoms with Gasteiger partial charge < -0.3 is 23.7 Å². The predicted molar refractivity (Wildman–Crippen MR) is 160 cm³/mol. The number of hydrogen-bond donors (Lipinski definition) is 2. The summed E-state index contributed by atoms with van der Waals surface area (Å²) < 4.78 is 19.1. The average molecular weight is 569 g/mol. The first-order chi connectivity index (χ1) is 18.2. The van der Waals surface area contributed by atoms with Crippen molar-refractivity contribution in [2.75, 3.05) is 13.2 Å². The van der Waals surface area contributed by atoms with Crippen molar-refractivity contribution in [1.82, 2.24) is 10.3 Å². The molecule has 0 bridgehead atoms. The number of hydrogen-bond acceptors (Lipinski definition) is 6. The van der Waals surface area contributed by atoms with Crippen LogP contribution >= 0.6 is 0 Å². The molecule has 0 spiro atoms. The molecule has 0 aliphatic carbocycles. The number of nitrogens with one attached hydrogen (secondary N) is 1. The maximum atomic E-state index is 13.9. The van der Waals surface area contributed by atoms with Crippen molar-refractivity contribution in [1.29, 1.82) is 0 Å². The minimum absolute atomic E-state index is 0.00573. The highest BCUT2D eigenvalue weighted by Crippen LogP contribution is 2.40. The van der Waals surface area contributed by atoms with E-state index in [2.05, 4.69) is 89.2 Å². The third-order valence-corrected chi connectivity index (χ3v) is 17.2. The summed E-state index contributed by atoms with van der Waals surface area (Å²) in [6, 6.07) is 19.6. The van der Waals surface area contributed by atoms with Crippen molar-refractivity contribution in [3.8, 4) is 0 Å². The molecule has 1 aromatic heterocycles. The van der Waals surface area contributed by atoms with Crippen LogP contribution in [-0.4, -0.2) is 51.9 Å². The summed E-state index contributed by atoms with van der Waals surface area (Å²) in [5.41, 5.74) is 0. The zero-order valence-electron chi connectivity index (χ0n) is 24.5. The second kappa shape index (κ2) is 12.3. The number of nitrogens with zero attached hydrogens (tertiary/aromatic N) is 1. The van der Waals surface area contributed by atoms with Gasteiger partial charge in [-0.2, -0.15) is 0 Å². The van der Waals surface area contributed by atoms with Gasteiger partial charge in [-0.05, 0) is 33.5 Å². The van der Waals surface area contributed by atoms with E-state index in [4.69, 9.17) is 13.3 Å². The number of rotatable bonds is 11. The van der Waals surface area contributed by atoms with Crippen LogP contribution in [-0.2, 0) is 13.6 Å². The van der Waals surface area contributed by atoms with Crippen LogP contribution in [0, 0.1) is 0 Å². The van der Waals surface area contributed by atoms with E-state index in [9.17, 15) is 9.90 Å². The van der Waals surface area contributed by atoms with Crippen molar-refractivity contribution in [2.24, 2.45) is 0 Å². The fourth-order valence-electron chi connectivity index (χ4n) is 4.41. The molecule has 0 radical (unpaired) electrons. The van der Waals surface area contributed by atoms with Gasteiger partial charge in [0.05, 0.1) is 25.5 Å². The number of carbonyl (C=O) groups is 1. The molecular formula is C30H44N2O5Si2. The maximum absolute atomic E-state index is 13.9. The van der Waals surface area contributed by atoms with Crippen molar-refractivity contribution >= 4 is 32.9 Å². The van der Waals surface area contributed by atoms with Gasteiger partial charge in [-0.25, -0.2) is 4.98 Å². The maximum Gasteiger partial charge on any atom is 0.262 e. The van der Waals surface area contributed by atoms with E-state index < -0.39 is 34.7 Å². The smallest absolute Gasteiger partial charge is 0.262 e. The Morgan fingerprint density at radius 2 is 1.49 bits per heavy atom. The molecule has 2 aromatic carbocycles. The molecule has 3 aromatic rings. The molecule has 39 heavy (non-hydrogen) atoms. The molecule has 2 N–H and O–H groups in total. The van der Waals surface area contributed by atoms with Gasteiger partial charge in [0.25, 0.3) is 14.2 Å². The lowest BCUT2D eigenvalue weighted by molar-refractivity contribution is -0.130. The molecule has 2 atom stereocenters. The molecule has 0 aliphatic rings. The summed E-state index contributed by atoms with van der Waals surface area (Å²) >= 11 is 0. The summed E-state index contributed by atoms with van der Waals surface area (Å²) in [7, 11) is -5.18. The molecule has 7 nitrogen and oxygen atoms in total. The quantitative estimate of drug-likeness (QED) is 0.323. The van der Waals surface area contributed by atoms with Gasteiger partial charge in [0.1, 0.15) is 0 Å². The Hall–Kier alpha value is -2.57. The van der Waals surface area contributed by atoms with Crippen LogP contribution < -0.4 is 15.7 Å². The normalized spacial score (nSPS) is 14.6. The molecule has 0 fully saturated rings. The van der Waals surface area contributed by atoms with E-state index in [0.717, 1.165) is 10.4 Å². The number of aliphatic hydroxyl groups excluding tert-OH is 1. The third kappa shape index (κ3) is 6.96. The molecule has 3 rings (SSSR count). The minimum atomic E-state index is -3.10. The second-order valence-corrected chi connectivity index (χ2v) is 21.6. The fraction of sp³-hybridized carbons (Fsp3) is 0.467. The van der Waals surface area contributed by atoms with Crippen molar-refractivity contribution in [2.45, 2.75) is 76.9 Å². The standard InChI is InChI=1S/C30H44N2O5Si2/c1-29(2,3)38(7,8)36-21-23(20-33)32-28(34)27(26-19-31-22-35-26)37-39(30(4,5)6,24-15-11-9-12-16-24)25-17-13-10-14-18-25/h9-19,22-23,27,33H,20-21H2,1-8H3,(H,32,34)/t23-,27+/m1/s1. The van der Waals surface area contributed by atoms with Crippen LogP contribution in [0.3, 0.4) is 0 Å². The highest BCUT2D eigenvalue weighted by Gasteiger charge is 2.53. The van der Waals surface area contributed by atoms with Crippen LogP contribution in [0.2, 0.25) is 23.2 Å². The molecule has 9 heteroatoms. The van der Waals surface area contributed by atoms with Crippen LogP contribution in [0.5, 0.6) is 0 Å². The first kappa shape index (κ1) is 31.0. The number of aromatic nitrogens is 1. The topological polar surface area (TPSA) is 93.8 Å². The first-order valence-electron chi connectivity index (χ1n) is 13.5. The van der Waals surface area contributed by atoms with E-state index in [-0.39, 0.29) is 23.3 Å². The Bertz CT molecular complexity index is 1130. The highest BCUT2D eigenvalue weighted by atomic mass is 28.4. The molecule has 212 valence electrons. The Labute approximate surface area is 235 Å². The third-order valence-electron chi connectivity index (χ3n) is 7.68. The SMILES string of the molecule is CC(C)(C)[Si](C)(C)OC[C@@H](CO)NC(=O)[C@@H](O[Si](c1ccccc1)(c1ccccc1)C(C)(C)C)c1cnco1. The van der Waals surface area contributed by atoms with E-state index in [0.29, 0.717) is 5.76 Å². The van der Waals surface area contributed by atoms with Gasteiger partial charge in [0.2, 0.25) is 0 Å². The molecular weight excluding hydrogens is 525 g/mol. The Morgan fingerprint density at radius 3 is 1.90 bits per heavy atom. The van der Waals surface area contributed by atoms with Gasteiger partial charge in [-0.15, -0.1) is 0 Å². The Morgan fingerprint density at radius 1 is 0.949 bits per heavy atom. The summed E-state index contributed by atoms with van der Waals surface area (Å²) in [5, 5.41) is 14.9. The molecule has 1 heterocycles. The fourth-order valence-corrected chi connectivity index (χ4v) is 10.0. The first-order valence-corrected chi connectivity index (χ1v) is 18.3.